The molecule has 1 fully saturated rings. The average molecular weight is 420 g/mol. The molecule has 29 heavy (non-hydrogen) atoms. The van der Waals surface area contributed by atoms with Crippen LogP contribution in [0.15, 0.2) is 11.1 Å². The predicted octanol–water partition coefficient (Wildman–Crippen LogP) is 1.78. The summed E-state index contributed by atoms with van der Waals surface area (Å²) in [7, 11) is 0. The van der Waals surface area contributed by atoms with Crippen molar-refractivity contribution in [3.05, 3.63) is 27.1 Å². The average Bonchev–Trinajstić information content (AvgIpc) is 2.98. The highest BCUT2D eigenvalue weighted by molar-refractivity contribution is 7.18. The van der Waals surface area contributed by atoms with E-state index in [0.717, 1.165) is 47.1 Å². The summed E-state index contributed by atoms with van der Waals surface area (Å²) in [6.07, 6.45) is 6.35. The molecular weight excluding hydrogens is 396 g/mol. The number of carbonyl (C=O) groups excluding carboxylic acids is 3. The lowest BCUT2D eigenvalue weighted by Gasteiger charge is -2.22. The molecular formula is C19H24N4O5S. The van der Waals surface area contributed by atoms with Crippen molar-refractivity contribution in [2.24, 2.45) is 0 Å². The Morgan fingerprint density at radius 3 is 2.69 bits per heavy atom. The summed E-state index contributed by atoms with van der Waals surface area (Å²) in [5.74, 6) is -1.49. The van der Waals surface area contributed by atoms with Crippen LogP contribution in [0.25, 0.3) is 10.2 Å². The molecule has 1 saturated carbocycles. The standard InChI is InChI=1S/C19H24N4O5S/c1-11-12(2)29-17-16(11)18(26)23(10-20-17)8-15(25)28-9-14(24)22-19(27)21-13-6-4-3-5-7-13/h10,13H,3-9H2,1-2H3,(H2,21,22,24,27). The zero-order valence-electron chi connectivity index (χ0n) is 16.4. The first-order chi connectivity index (χ1) is 13.8. The SMILES string of the molecule is Cc1sc2ncn(CC(=O)OCC(=O)NC(=O)NC3CCCCC3)c(=O)c2c1C. The Balaban J connectivity index is 1.49. The highest BCUT2D eigenvalue weighted by atomic mass is 32.1. The van der Waals surface area contributed by atoms with Crippen LogP contribution in [0.5, 0.6) is 0 Å². The van der Waals surface area contributed by atoms with Gasteiger partial charge >= 0.3 is 12.0 Å². The lowest BCUT2D eigenvalue weighted by molar-refractivity contribution is -0.148. The van der Waals surface area contributed by atoms with Crippen LogP contribution >= 0.6 is 11.3 Å². The smallest absolute Gasteiger partial charge is 0.326 e. The van der Waals surface area contributed by atoms with Crippen molar-refractivity contribution in [2.45, 2.75) is 58.5 Å². The molecule has 10 heteroatoms. The quantitative estimate of drug-likeness (QED) is 0.712. The van der Waals surface area contributed by atoms with Crippen LogP contribution in [0.2, 0.25) is 0 Å². The Morgan fingerprint density at radius 1 is 1.24 bits per heavy atom. The van der Waals surface area contributed by atoms with Gasteiger partial charge in [-0.25, -0.2) is 9.78 Å². The highest BCUT2D eigenvalue weighted by Gasteiger charge is 2.18. The van der Waals surface area contributed by atoms with Crippen molar-refractivity contribution in [3.63, 3.8) is 0 Å². The van der Waals surface area contributed by atoms with Crippen LogP contribution in [0.4, 0.5) is 4.79 Å². The fourth-order valence-corrected chi connectivity index (χ4v) is 4.33. The van der Waals surface area contributed by atoms with Crippen molar-refractivity contribution >= 4 is 39.5 Å². The Kier molecular flexibility index (Phi) is 6.63. The number of fused-ring (bicyclic) bond motifs is 1. The van der Waals surface area contributed by atoms with Gasteiger partial charge in [-0.2, -0.15) is 0 Å². The molecule has 1 aliphatic carbocycles. The Labute approximate surface area is 171 Å². The van der Waals surface area contributed by atoms with Crippen LogP contribution in [-0.4, -0.2) is 40.1 Å². The molecule has 2 N–H and O–H groups in total. The van der Waals surface area contributed by atoms with Crippen molar-refractivity contribution in [1.29, 1.82) is 0 Å². The van der Waals surface area contributed by atoms with E-state index in [4.69, 9.17) is 4.74 Å². The number of hydrogen-bond acceptors (Lipinski definition) is 7. The summed E-state index contributed by atoms with van der Waals surface area (Å²) in [5, 5.41) is 5.38. The number of amides is 3. The lowest BCUT2D eigenvalue weighted by Crippen LogP contribution is -2.46. The molecule has 0 atom stereocenters. The van der Waals surface area contributed by atoms with Crippen molar-refractivity contribution in [3.8, 4) is 0 Å². The second kappa shape index (κ2) is 9.17. The molecule has 2 aromatic rings. The number of imide groups is 1. The van der Waals surface area contributed by atoms with E-state index in [9.17, 15) is 19.2 Å². The first-order valence-electron chi connectivity index (χ1n) is 9.56. The molecule has 0 radical (unpaired) electrons. The van der Waals surface area contributed by atoms with Gasteiger partial charge in [0.05, 0.1) is 11.7 Å². The van der Waals surface area contributed by atoms with Crippen LogP contribution in [0, 0.1) is 13.8 Å². The van der Waals surface area contributed by atoms with Crippen LogP contribution in [0.3, 0.4) is 0 Å². The number of urea groups is 1. The monoisotopic (exact) mass is 420 g/mol. The second-order valence-electron chi connectivity index (χ2n) is 7.16. The third-order valence-corrected chi connectivity index (χ3v) is 6.13. The van der Waals surface area contributed by atoms with E-state index in [2.05, 4.69) is 15.6 Å². The van der Waals surface area contributed by atoms with E-state index >= 15 is 0 Å². The lowest BCUT2D eigenvalue weighted by atomic mass is 9.96. The van der Waals surface area contributed by atoms with Crippen molar-refractivity contribution in [1.82, 2.24) is 20.2 Å². The highest BCUT2D eigenvalue weighted by Crippen LogP contribution is 2.25. The first-order valence-corrected chi connectivity index (χ1v) is 10.4. The van der Waals surface area contributed by atoms with E-state index in [1.807, 2.05) is 13.8 Å². The molecule has 0 saturated heterocycles. The molecule has 3 amide bonds. The van der Waals surface area contributed by atoms with Crippen molar-refractivity contribution < 1.29 is 19.1 Å². The fourth-order valence-electron chi connectivity index (χ4n) is 3.34. The number of aryl methyl sites for hydroxylation is 2. The van der Waals surface area contributed by atoms with Crippen molar-refractivity contribution in [2.75, 3.05) is 6.61 Å². The van der Waals surface area contributed by atoms with E-state index in [1.165, 1.54) is 17.7 Å². The van der Waals surface area contributed by atoms with Gasteiger partial charge in [-0.3, -0.25) is 24.3 Å². The minimum atomic E-state index is -0.763. The number of thiophene rings is 1. The maximum absolute atomic E-state index is 12.6. The number of ether oxygens (including phenoxy) is 1. The number of aromatic nitrogens is 2. The topological polar surface area (TPSA) is 119 Å². The zero-order valence-corrected chi connectivity index (χ0v) is 17.3. The molecule has 3 rings (SSSR count). The maximum atomic E-state index is 12.6. The summed E-state index contributed by atoms with van der Waals surface area (Å²) in [6.45, 7) is 2.78. The van der Waals surface area contributed by atoms with Gasteiger partial charge in [0, 0.05) is 10.9 Å². The van der Waals surface area contributed by atoms with Gasteiger partial charge in [0.15, 0.2) is 6.61 Å². The Hall–Kier alpha value is -2.75. The molecule has 0 unspecified atom stereocenters. The third-order valence-electron chi connectivity index (χ3n) is 5.01. The van der Waals surface area contributed by atoms with Gasteiger partial charge in [-0.1, -0.05) is 19.3 Å². The number of esters is 1. The number of carbonyl (C=O) groups is 3. The molecule has 0 spiro atoms. The largest absolute Gasteiger partial charge is 0.454 e. The van der Waals surface area contributed by atoms with Crippen LogP contribution in [0.1, 0.15) is 42.5 Å². The number of nitrogens with zero attached hydrogens (tertiary/aromatic N) is 2. The van der Waals surface area contributed by atoms with Crippen LogP contribution in [-0.2, 0) is 20.9 Å². The summed E-state index contributed by atoms with van der Waals surface area (Å²) in [4.78, 5) is 54.0. The Bertz CT molecular complexity index is 990. The number of rotatable bonds is 5. The third kappa shape index (κ3) is 5.20. The minimum Gasteiger partial charge on any atom is -0.454 e. The fraction of sp³-hybridized carbons (Fsp3) is 0.526. The van der Waals surface area contributed by atoms with Gasteiger partial charge in [-0.05, 0) is 32.3 Å². The zero-order chi connectivity index (χ0) is 21.0. The summed E-state index contributed by atoms with van der Waals surface area (Å²) in [5.41, 5.74) is 0.513. The van der Waals surface area contributed by atoms with Gasteiger partial charge in [0.1, 0.15) is 11.4 Å². The van der Waals surface area contributed by atoms with Crippen LogP contribution < -0.4 is 16.2 Å². The van der Waals surface area contributed by atoms with E-state index < -0.39 is 24.5 Å². The summed E-state index contributed by atoms with van der Waals surface area (Å²) < 4.78 is 6.04. The van der Waals surface area contributed by atoms with E-state index in [0.29, 0.717) is 10.2 Å². The molecule has 9 nitrogen and oxygen atoms in total. The molecule has 0 bridgehead atoms. The van der Waals surface area contributed by atoms with Gasteiger partial charge in [-0.15, -0.1) is 11.3 Å². The van der Waals surface area contributed by atoms with E-state index in [1.54, 1.807) is 0 Å². The normalized spacial score (nSPS) is 14.6. The predicted molar refractivity (Wildman–Crippen MR) is 108 cm³/mol. The Morgan fingerprint density at radius 2 is 1.97 bits per heavy atom. The van der Waals surface area contributed by atoms with Gasteiger partial charge < -0.3 is 10.1 Å². The number of nitrogens with one attached hydrogen (secondary N) is 2. The second-order valence-corrected chi connectivity index (χ2v) is 8.36. The summed E-state index contributed by atoms with van der Waals surface area (Å²) in [6, 6.07) is -0.523. The minimum absolute atomic E-state index is 0.0672. The molecule has 0 aromatic carbocycles. The molecule has 156 valence electrons. The molecule has 2 aromatic heterocycles. The molecule has 0 aliphatic heterocycles. The first kappa shape index (κ1) is 21.0. The summed E-state index contributed by atoms with van der Waals surface area (Å²) >= 11 is 1.42. The molecule has 2 heterocycles. The van der Waals surface area contributed by atoms with Gasteiger partial charge in [0.2, 0.25) is 0 Å². The molecule has 1 aliphatic rings. The maximum Gasteiger partial charge on any atom is 0.326 e. The number of hydrogen-bond donors (Lipinski definition) is 2. The van der Waals surface area contributed by atoms with E-state index in [-0.39, 0.29) is 18.1 Å². The van der Waals surface area contributed by atoms with Gasteiger partial charge in [0.25, 0.3) is 11.5 Å².